The van der Waals surface area contributed by atoms with Crippen molar-refractivity contribution in [2.24, 2.45) is 0 Å². The largest absolute Gasteiger partial charge is 0.383 e. The molecule has 0 spiro atoms. The first-order chi connectivity index (χ1) is 8.11. The van der Waals surface area contributed by atoms with E-state index in [0.29, 0.717) is 0 Å². The highest BCUT2D eigenvalue weighted by molar-refractivity contribution is 9.10. The Balaban J connectivity index is 2.33. The third-order valence-electron chi connectivity index (χ3n) is 2.75. The van der Waals surface area contributed by atoms with Crippen molar-refractivity contribution < 1.29 is 5.11 Å². The Hall–Kier alpha value is -0.640. The van der Waals surface area contributed by atoms with Gasteiger partial charge in [0.2, 0.25) is 0 Å². The summed E-state index contributed by atoms with van der Waals surface area (Å²) in [6.45, 7) is 4.17. The molecule has 3 heteroatoms. The van der Waals surface area contributed by atoms with Crippen molar-refractivity contribution in [1.29, 1.82) is 0 Å². The molecule has 0 aliphatic heterocycles. The number of hydrogen-bond donors (Lipinski definition) is 1. The summed E-state index contributed by atoms with van der Waals surface area (Å²) in [7, 11) is 0. The van der Waals surface area contributed by atoms with Gasteiger partial charge in [0.05, 0.1) is 0 Å². The van der Waals surface area contributed by atoms with E-state index in [2.05, 4.69) is 28.9 Å². The quantitative estimate of drug-likeness (QED) is 0.887. The van der Waals surface area contributed by atoms with Crippen LogP contribution < -0.4 is 0 Å². The number of hydrogen-bond acceptors (Lipinski definition) is 2. The lowest BCUT2D eigenvalue weighted by atomic mass is 10.1. The van der Waals surface area contributed by atoms with Gasteiger partial charge in [0, 0.05) is 14.2 Å². The normalized spacial score (nSPS) is 12.7. The summed E-state index contributed by atoms with van der Waals surface area (Å²) in [5, 5.41) is 10.4. The number of thiophene rings is 1. The number of aliphatic hydroxyl groups is 1. The molecule has 1 atom stereocenters. The van der Waals surface area contributed by atoms with E-state index in [1.165, 1.54) is 10.4 Å². The van der Waals surface area contributed by atoms with Gasteiger partial charge in [-0.05, 0) is 42.7 Å². The molecular formula is C14H15BrOS. The molecule has 90 valence electrons. The van der Waals surface area contributed by atoms with Crippen molar-refractivity contribution in [1.82, 2.24) is 0 Å². The fourth-order valence-electron chi connectivity index (χ4n) is 1.74. The summed E-state index contributed by atoms with van der Waals surface area (Å²) in [6.07, 6.45) is 0.488. The second-order valence-electron chi connectivity index (χ2n) is 4.09. The van der Waals surface area contributed by atoms with Crippen LogP contribution in [0, 0.1) is 6.92 Å². The number of halogens is 1. The Labute approximate surface area is 114 Å². The molecule has 0 aliphatic rings. The van der Waals surface area contributed by atoms with E-state index in [-0.39, 0.29) is 0 Å². The zero-order valence-corrected chi connectivity index (χ0v) is 12.3. The zero-order chi connectivity index (χ0) is 12.4. The van der Waals surface area contributed by atoms with Gasteiger partial charge in [0.25, 0.3) is 0 Å². The minimum absolute atomic E-state index is 0.532. The van der Waals surface area contributed by atoms with Gasteiger partial charge in [0.15, 0.2) is 0 Å². The van der Waals surface area contributed by atoms with Crippen LogP contribution in [0.3, 0.4) is 0 Å². The molecule has 17 heavy (non-hydrogen) atoms. The monoisotopic (exact) mass is 310 g/mol. The van der Waals surface area contributed by atoms with E-state index in [9.17, 15) is 5.11 Å². The minimum Gasteiger partial charge on any atom is -0.383 e. The molecule has 0 bridgehead atoms. The van der Waals surface area contributed by atoms with Gasteiger partial charge in [0.1, 0.15) is 6.10 Å². The summed E-state index contributed by atoms with van der Waals surface area (Å²) in [5.74, 6) is 0. The summed E-state index contributed by atoms with van der Waals surface area (Å²) in [6, 6.07) is 10.1. The average Bonchev–Trinajstić information content (AvgIpc) is 2.76. The van der Waals surface area contributed by atoms with Gasteiger partial charge in [-0.3, -0.25) is 0 Å². The molecule has 1 nitrogen and oxygen atoms in total. The highest BCUT2D eigenvalue weighted by Gasteiger charge is 2.15. The van der Waals surface area contributed by atoms with Crippen molar-refractivity contribution >= 4 is 27.3 Å². The van der Waals surface area contributed by atoms with Gasteiger partial charge >= 0.3 is 0 Å². The zero-order valence-electron chi connectivity index (χ0n) is 9.90. The van der Waals surface area contributed by atoms with Crippen molar-refractivity contribution in [2.45, 2.75) is 26.4 Å². The van der Waals surface area contributed by atoms with Gasteiger partial charge in [-0.25, -0.2) is 0 Å². The van der Waals surface area contributed by atoms with Crippen LogP contribution in [-0.4, -0.2) is 5.11 Å². The first-order valence-corrected chi connectivity index (χ1v) is 7.25. The summed E-state index contributed by atoms with van der Waals surface area (Å²) >= 11 is 5.19. The topological polar surface area (TPSA) is 20.2 Å². The van der Waals surface area contributed by atoms with Crippen LogP contribution in [0.2, 0.25) is 0 Å². The van der Waals surface area contributed by atoms with E-state index in [1.807, 2.05) is 31.2 Å². The van der Waals surface area contributed by atoms with Gasteiger partial charge in [-0.15, -0.1) is 11.3 Å². The van der Waals surface area contributed by atoms with Crippen LogP contribution >= 0.6 is 27.3 Å². The second kappa shape index (κ2) is 5.34. The van der Waals surface area contributed by atoms with E-state index in [4.69, 9.17) is 0 Å². The van der Waals surface area contributed by atoms with Crippen molar-refractivity contribution in [2.75, 3.05) is 0 Å². The molecule has 1 N–H and O–H groups in total. The maximum Gasteiger partial charge on any atom is 0.114 e. The molecular weight excluding hydrogens is 296 g/mol. The summed E-state index contributed by atoms with van der Waals surface area (Å²) < 4.78 is 0.969. The van der Waals surface area contributed by atoms with Crippen LogP contribution in [0.5, 0.6) is 0 Å². The van der Waals surface area contributed by atoms with Gasteiger partial charge < -0.3 is 5.11 Å². The standard InChI is InChI=1S/C14H15BrOS/c1-3-10-5-7-13(17-10)14(16)11-6-4-9(2)8-12(11)15/h4-8,14,16H,3H2,1-2H3. The lowest BCUT2D eigenvalue weighted by molar-refractivity contribution is 0.223. The molecule has 0 saturated heterocycles. The molecule has 1 unspecified atom stereocenters. The van der Waals surface area contributed by atoms with E-state index in [0.717, 1.165) is 21.3 Å². The van der Waals surface area contributed by atoms with Crippen LogP contribution in [0.4, 0.5) is 0 Å². The van der Waals surface area contributed by atoms with Crippen LogP contribution in [0.15, 0.2) is 34.8 Å². The molecule has 1 heterocycles. The minimum atomic E-state index is -0.532. The third-order valence-corrected chi connectivity index (χ3v) is 4.72. The highest BCUT2D eigenvalue weighted by Crippen LogP contribution is 2.33. The molecule has 0 aliphatic carbocycles. The molecule has 2 rings (SSSR count). The van der Waals surface area contributed by atoms with E-state index in [1.54, 1.807) is 11.3 Å². The molecule has 0 amide bonds. The van der Waals surface area contributed by atoms with Crippen molar-refractivity contribution in [3.05, 3.63) is 55.7 Å². The fraction of sp³-hybridized carbons (Fsp3) is 0.286. The lowest BCUT2D eigenvalue weighted by Crippen LogP contribution is -1.98. The van der Waals surface area contributed by atoms with Crippen LogP contribution in [-0.2, 0) is 6.42 Å². The average molecular weight is 311 g/mol. The number of rotatable bonds is 3. The summed E-state index contributed by atoms with van der Waals surface area (Å²) in [4.78, 5) is 2.31. The van der Waals surface area contributed by atoms with Crippen molar-refractivity contribution in [3.8, 4) is 0 Å². The molecule has 1 aromatic carbocycles. The van der Waals surface area contributed by atoms with Crippen LogP contribution in [0.25, 0.3) is 0 Å². The Morgan fingerprint density at radius 3 is 2.65 bits per heavy atom. The van der Waals surface area contributed by atoms with E-state index >= 15 is 0 Å². The predicted octanol–water partition coefficient (Wildman–Crippen LogP) is 4.46. The highest BCUT2D eigenvalue weighted by atomic mass is 79.9. The van der Waals surface area contributed by atoms with Gasteiger partial charge in [-0.1, -0.05) is 35.0 Å². The molecule has 2 aromatic rings. The Morgan fingerprint density at radius 2 is 2.06 bits per heavy atom. The number of aryl methyl sites for hydroxylation is 2. The molecule has 1 aromatic heterocycles. The number of aliphatic hydroxyl groups excluding tert-OH is 1. The predicted molar refractivity (Wildman–Crippen MR) is 76.6 cm³/mol. The Morgan fingerprint density at radius 1 is 1.29 bits per heavy atom. The first kappa shape index (κ1) is 12.8. The van der Waals surface area contributed by atoms with E-state index < -0.39 is 6.10 Å². The number of benzene rings is 1. The molecule has 0 radical (unpaired) electrons. The smallest absolute Gasteiger partial charge is 0.114 e. The Bertz CT molecular complexity index is 519. The van der Waals surface area contributed by atoms with Gasteiger partial charge in [-0.2, -0.15) is 0 Å². The molecule has 0 saturated carbocycles. The molecule has 0 fully saturated rings. The second-order valence-corrected chi connectivity index (χ2v) is 6.14. The summed E-state index contributed by atoms with van der Waals surface area (Å²) in [5.41, 5.74) is 2.12. The maximum atomic E-state index is 10.4. The SMILES string of the molecule is CCc1ccc(C(O)c2ccc(C)cc2Br)s1. The lowest BCUT2D eigenvalue weighted by Gasteiger charge is -2.11. The third kappa shape index (κ3) is 2.79. The fourth-order valence-corrected chi connectivity index (χ4v) is 3.41. The van der Waals surface area contributed by atoms with Crippen LogP contribution in [0.1, 0.15) is 33.9 Å². The Kier molecular flexibility index (Phi) is 4.02. The maximum absolute atomic E-state index is 10.4. The first-order valence-electron chi connectivity index (χ1n) is 5.64. The van der Waals surface area contributed by atoms with Crippen molar-refractivity contribution in [3.63, 3.8) is 0 Å².